The summed E-state index contributed by atoms with van der Waals surface area (Å²) in [6, 6.07) is 13.3. The first kappa shape index (κ1) is 16.8. The van der Waals surface area contributed by atoms with Gasteiger partial charge in [-0.25, -0.2) is 0 Å². The molecule has 1 aliphatic rings. The lowest BCUT2D eigenvalue weighted by atomic mass is 9.98. The van der Waals surface area contributed by atoms with Crippen LogP contribution in [0.25, 0.3) is 0 Å². The van der Waals surface area contributed by atoms with Crippen molar-refractivity contribution in [2.45, 2.75) is 51.2 Å². The van der Waals surface area contributed by atoms with Crippen molar-refractivity contribution < 1.29 is 14.3 Å². The Morgan fingerprint density at radius 1 is 1.25 bits per heavy atom. The van der Waals surface area contributed by atoms with Crippen molar-refractivity contribution in [3.63, 3.8) is 0 Å². The van der Waals surface area contributed by atoms with Crippen molar-refractivity contribution in [1.82, 2.24) is 4.90 Å². The van der Waals surface area contributed by atoms with Gasteiger partial charge in [-0.05, 0) is 37.0 Å². The molecule has 0 saturated carbocycles. The molecule has 2 unspecified atom stereocenters. The highest BCUT2D eigenvalue weighted by atomic mass is 16.3. The number of aliphatic hydroxyl groups is 1. The number of aliphatic hydroxyl groups excluding tert-OH is 1. The molecule has 2 heterocycles. The second-order valence-electron chi connectivity index (χ2n) is 6.39. The van der Waals surface area contributed by atoms with E-state index < -0.39 is 6.10 Å². The summed E-state index contributed by atoms with van der Waals surface area (Å²) in [4.78, 5) is 14.6. The van der Waals surface area contributed by atoms with Crippen LogP contribution >= 0.6 is 0 Å². The minimum atomic E-state index is -0.760. The van der Waals surface area contributed by atoms with Crippen LogP contribution in [0.3, 0.4) is 0 Å². The lowest BCUT2D eigenvalue weighted by molar-refractivity contribution is -0.137. The molecule has 1 N–H and O–H groups in total. The molecule has 1 aliphatic heterocycles. The minimum absolute atomic E-state index is 0.00507. The van der Waals surface area contributed by atoms with Gasteiger partial charge in [0, 0.05) is 13.0 Å². The second-order valence-corrected chi connectivity index (χ2v) is 6.39. The first-order valence-corrected chi connectivity index (χ1v) is 8.80. The summed E-state index contributed by atoms with van der Waals surface area (Å²) in [6.07, 6.45) is 3.23. The van der Waals surface area contributed by atoms with Gasteiger partial charge in [-0.15, -0.1) is 0 Å². The van der Waals surface area contributed by atoms with E-state index in [0.29, 0.717) is 0 Å². The zero-order valence-corrected chi connectivity index (χ0v) is 14.1. The number of hydrogen-bond acceptors (Lipinski definition) is 3. The molecule has 4 heteroatoms. The monoisotopic (exact) mass is 327 g/mol. The Hall–Kier alpha value is -2.07. The van der Waals surface area contributed by atoms with Gasteiger partial charge in [-0.3, -0.25) is 4.79 Å². The van der Waals surface area contributed by atoms with Gasteiger partial charge in [0.05, 0.1) is 18.6 Å². The predicted octanol–water partition coefficient (Wildman–Crippen LogP) is 4.02. The molecule has 0 spiro atoms. The highest BCUT2D eigenvalue weighted by Crippen LogP contribution is 2.33. The fraction of sp³-hybridized carbons (Fsp3) is 0.450. The van der Waals surface area contributed by atoms with Gasteiger partial charge in [-0.2, -0.15) is 0 Å². The summed E-state index contributed by atoms with van der Waals surface area (Å²) >= 11 is 0. The largest absolute Gasteiger partial charge is 0.464 e. The molecule has 0 bridgehead atoms. The third kappa shape index (κ3) is 3.70. The number of aryl methyl sites for hydroxylation is 1. The topological polar surface area (TPSA) is 53.7 Å². The van der Waals surface area contributed by atoms with Crippen LogP contribution in [0.4, 0.5) is 0 Å². The average molecular weight is 327 g/mol. The van der Waals surface area contributed by atoms with Gasteiger partial charge < -0.3 is 14.4 Å². The van der Waals surface area contributed by atoms with E-state index in [1.54, 1.807) is 0 Å². The molecule has 1 aromatic heterocycles. The van der Waals surface area contributed by atoms with E-state index in [-0.39, 0.29) is 18.4 Å². The highest BCUT2D eigenvalue weighted by Gasteiger charge is 2.31. The maximum Gasteiger partial charge on any atom is 0.226 e. The number of carbonyl (C=O) groups is 1. The Morgan fingerprint density at radius 2 is 2.04 bits per heavy atom. The molecular formula is C20H25NO3. The van der Waals surface area contributed by atoms with E-state index in [1.165, 1.54) is 0 Å². The van der Waals surface area contributed by atoms with Crippen molar-refractivity contribution in [3.05, 3.63) is 59.5 Å². The lowest BCUT2D eigenvalue weighted by Crippen LogP contribution is -2.39. The fourth-order valence-electron chi connectivity index (χ4n) is 3.37. The van der Waals surface area contributed by atoms with Gasteiger partial charge in [0.2, 0.25) is 5.91 Å². The normalized spacial score (nSPS) is 19.2. The summed E-state index contributed by atoms with van der Waals surface area (Å²) < 4.78 is 5.89. The standard InChI is InChI=1S/C20H25NO3/c1-2-16-11-12-19(24-16)17-10-6-7-13-21(17)20(23)14-18(22)15-8-4-3-5-9-15/h3-5,8-9,11-12,17-18,22H,2,6-7,10,13-14H2,1H3. The molecule has 1 fully saturated rings. The van der Waals surface area contributed by atoms with Crippen molar-refractivity contribution in [3.8, 4) is 0 Å². The maximum atomic E-state index is 12.8. The van der Waals surface area contributed by atoms with E-state index in [0.717, 1.165) is 49.3 Å². The highest BCUT2D eigenvalue weighted by molar-refractivity contribution is 5.77. The first-order chi connectivity index (χ1) is 11.7. The average Bonchev–Trinajstić information content (AvgIpc) is 3.11. The second kappa shape index (κ2) is 7.67. The number of nitrogens with zero attached hydrogens (tertiary/aromatic N) is 1. The van der Waals surface area contributed by atoms with Crippen LogP contribution in [0.1, 0.15) is 61.8 Å². The number of carbonyl (C=O) groups excluding carboxylic acids is 1. The quantitative estimate of drug-likeness (QED) is 0.902. The number of likely N-dealkylation sites (tertiary alicyclic amines) is 1. The van der Waals surface area contributed by atoms with Crippen LogP contribution in [0.2, 0.25) is 0 Å². The van der Waals surface area contributed by atoms with E-state index in [9.17, 15) is 9.90 Å². The van der Waals surface area contributed by atoms with Crippen molar-refractivity contribution in [2.24, 2.45) is 0 Å². The SMILES string of the molecule is CCc1ccc(C2CCCCN2C(=O)CC(O)c2ccccc2)o1. The van der Waals surface area contributed by atoms with Gasteiger partial charge >= 0.3 is 0 Å². The van der Waals surface area contributed by atoms with Crippen LogP contribution in [-0.4, -0.2) is 22.5 Å². The molecule has 2 atom stereocenters. The Balaban J connectivity index is 1.71. The number of piperidine rings is 1. The summed E-state index contributed by atoms with van der Waals surface area (Å²) in [7, 11) is 0. The van der Waals surface area contributed by atoms with Crippen LogP contribution in [0, 0.1) is 0 Å². The van der Waals surface area contributed by atoms with E-state index in [2.05, 4.69) is 6.92 Å². The number of rotatable bonds is 5. The molecule has 2 aromatic rings. The van der Waals surface area contributed by atoms with Crippen LogP contribution < -0.4 is 0 Å². The molecule has 128 valence electrons. The molecular weight excluding hydrogens is 302 g/mol. The number of hydrogen-bond donors (Lipinski definition) is 1. The Bertz CT molecular complexity index is 665. The van der Waals surface area contributed by atoms with Gasteiger partial charge in [-0.1, -0.05) is 37.3 Å². The smallest absolute Gasteiger partial charge is 0.226 e. The molecule has 3 rings (SSSR count). The summed E-state index contributed by atoms with van der Waals surface area (Å²) in [5.74, 6) is 1.81. The van der Waals surface area contributed by atoms with E-state index in [1.807, 2.05) is 47.4 Å². The molecule has 4 nitrogen and oxygen atoms in total. The summed E-state index contributed by atoms with van der Waals surface area (Å²) in [6.45, 7) is 2.79. The third-order valence-corrected chi connectivity index (χ3v) is 4.73. The van der Waals surface area contributed by atoms with Gasteiger partial charge in [0.15, 0.2) is 0 Å². The Kier molecular flexibility index (Phi) is 5.36. The van der Waals surface area contributed by atoms with Crippen LogP contribution in [0.15, 0.2) is 46.9 Å². The maximum absolute atomic E-state index is 12.8. The molecule has 1 aromatic carbocycles. The predicted molar refractivity (Wildman–Crippen MR) is 92.4 cm³/mol. The fourth-order valence-corrected chi connectivity index (χ4v) is 3.37. The minimum Gasteiger partial charge on any atom is -0.464 e. The van der Waals surface area contributed by atoms with Crippen LogP contribution in [0.5, 0.6) is 0 Å². The van der Waals surface area contributed by atoms with Crippen molar-refractivity contribution in [2.75, 3.05) is 6.54 Å². The first-order valence-electron chi connectivity index (χ1n) is 8.80. The molecule has 0 aliphatic carbocycles. The van der Waals surface area contributed by atoms with Crippen molar-refractivity contribution >= 4 is 5.91 Å². The third-order valence-electron chi connectivity index (χ3n) is 4.73. The van der Waals surface area contributed by atoms with Crippen LogP contribution in [-0.2, 0) is 11.2 Å². The number of furan rings is 1. The van der Waals surface area contributed by atoms with Crippen molar-refractivity contribution in [1.29, 1.82) is 0 Å². The lowest BCUT2D eigenvalue weighted by Gasteiger charge is -2.35. The Labute approximate surface area is 143 Å². The zero-order valence-electron chi connectivity index (χ0n) is 14.1. The summed E-state index contributed by atoms with van der Waals surface area (Å²) in [5.41, 5.74) is 0.783. The van der Waals surface area contributed by atoms with Gasteiger partial charge in [0.1, 0.15) is 11.5 Å². The Morgan fingerprint density at radius 3 is 2.75 bits per heavy atom. The number of amides is 1. The summed E-state index contributed by atoms with van der Waals surface area (Å²) in [5, 5.41) is 10.3. The van der Waals surface area contributed by atoms with E-state index >= 15 is 0 Å². The molecule has 24 heavy (non-hydrogen) atoms. The zero-order chi connectivity index (χ0) is 16.9. The molecule has 1 amide bonds. The van der Waals surface area contributed by atoms with E-state index in [4.69, 9.17) is 4.42 Å². The van der Waals surface area contributed by atoms with Gasteiger partial charge in [0.25, 0.3) is 0 Å². The molecule has 0 radical (unpaired) electrons. The number of benzene rings is 1. The molecule has 1 saturated heterocycles.